The number of hydrogen-bond donors (Lipinski definition) is 2. The third kappa shape index (κ3) is 4.69. The van der Waals surface area contributed by atoms with E-state index < -0.39 is 0 Å². The average molecular weight is 352 g/mol. The fourth-order valence-corrected chi connectivity index (χ4v) is 2.59. The molecule has 26 heavy (non-hydrogen) atoms. The van der Waals surface area contributed by atoms with Gasteiger partial charge in [0, 0.05) is 24.8 Å². The number of aromatic nitrogens is 2. The lowest BCUT2D eigenvalue weighted by Gasteiger charge is -2.10. The summed E-state index contributed by atoms with van der Waals surface area (Å²) >= 11 is 0. The van der Waals surface area contributed by atoms with Crippen LogP contribution >= 0.6 is 0 Å². The summed E-state index contributed by atoms with van der Waals surface area (Å²) in [5.41, 5.74) is 1.71. The Hall–Kier alpha value is -3.15. The molecule has 0 spiro atoms. The third-order valence-electron chi connectivity index (χ3n) is 3.94. The topological polar surface area (TPSA) is 59.1 Å². The summed E-state index contributed by atoms with van der Waals surface area (Å²) in [6.45, 7) is 1.04. The Kier molecular flexibility index (Phi) is 5.98. The highest BCUT2D eigenvalue weighted by molar-refractivity contribution is 5.41. The highest BCUT2D eigenvalue weighted by Gasteiger charge is 2.04. The summed E-state index contributed by atoms with van der Waals surface area (Å²) in [6, 6.07) is 16.4. The molecular weight excluding hydrogens is 331 g/mol. The van der Waals surface area contributed by atoms with Gasteiger partial charge in [-0.05, 0) is 30.2 Å². The fourth-order valence-electron chi connectivity index (χ4n) is 2.59. The molecule has 0 aliphatic carbocycles. The lowest BCUT2D eigenvalue weighted by molar-refractivity contribution is 0.410. The highest BCUT2D eigenvalue weighted by atomic mass is 19.1. The molecule has 0 radical (unpaired) electrons. The first-order chi connectivity index (χ1) is 12.8. The smallest absolute Gasteiger partial charge is 0.224 e. The Morgan fingerprint density at radius 2 is 1.73 bits per heavy atom. The van der Waals surface area contributed by atoms with Gasteiger partial charge in [-0.3, -0.25) is 0 Å². The van der Waals surface area contributed by atoms with Gasteiger partial charge >= 0.3 is 0 Å². The van der Waals surface area contributed by atoms with Crippen molar-refractivity contribution in [1.82, 2.24) is 9.97 Å². The van der Waals surface area contributed by atoms with E-state index in [2.05, 4.69) is 20.6 Å². The first-order valence-electron chi connectivity index (χ1n) is 8.42. The zero-order valence-electron chi connectivity index (χ0n) is 14.6. The number of ether oxygens (including phenoxy) is 1. The van der Waals surface area contributed by atoms with E-state index in [0.717, 1.165) is 17.7 Å². The van der Waals surface area contributed by atoms with E-state index in [1.807, 2.05) is 24.3 Å². The number of methoxy groups -OCH3 is 1. The molecule has 134 valence electrons. The predicted octanol–water partition coefficient (Wildman–Crippen LogP) is 3.89. The van der Waals surface area contributed by atoms with Crippen LogP contribution in [0, 0.1) is 5.82 Å². The molecule has 5 nitrogen and oxygen atoms in total. The number of hydrogen-bond acceptors (Lipinski definition) is 5. The summed E-state index contributed by atoms with van der Waals surface area (Å²) in [5, 5.41) is 6.32. The number of anilines is 2. The van der Waals surface area contributed by atoms with Crippen LogP contribution in [0.5, 0.6) is 5.75 Å². The van der Waals surface area contributed by atoms with E-state index in [1.165, 1.54) is 6.07 Å². The molecular formula is C20H21FN4O. The first kappa shape index (κ1) is 17.7. The van der Waals surface area contributed by atoms with Gasteiger partial charge in [-0.15, -0.1) is 0 Å². The molecule has 2 N–H and O–H groups in total. The van der Waals surface area contributed by atoms with Gasteiger partial charge in [-0.2, -0.15) is 4.98 Å². The van der Waals surface area contributed by atoms with Crippen molar-refractivity contribution in [2.24, 2.45) is 0 Å². The van der Waals surface area contributed by atoms with Crippen molar-refractivity contribution < 1.29 is 9.13 Å². The molecule has 3 rings (SSSR count). The molecule has 2 aromatic carbocycles. The van der Waals surface area contributed by atoms with E-state index in [1.54, 1.807) is 37.6 Å². The van der Waals surface area contributed by atoms with E-state index in [9.17, 15) is 4.39 Å². The van der Waals surface area contributed by atoms with Crippen LogP contribution in [-0.2, 0) is 13.0 Å². The number of nitrogens with one attached hydrogen (secondary N) is 2. The van der Waals surface area contributed by atoms with E-state index in [4.69, 9.17) is 4.74 Å². The zero-order valence-corrected chi connectivity index (χ0v) is 14.6. The minimum atomic E-state index is -0.244. The Balaban J connectivity index is 1.55. The van der Waals surface area contributed by atoms with Crippen LogP contribution in [0.4, 0.5) is 16.2 Å². The molecule has 0 amide bonds. The van der Waals surface area contributed by atoms with Crippen molar-refractivity contribution in [3.05, 3.63) is 77.7 Å². The lowest BCUT2D eigenvalue weighted by atomic mass is 10.1. The van der Waals surface area contributed by atoms with Crippen LogP contribution < -0.4 is 15.4 Å². The van der Waals surface area contributed by atoms with E-state index >= 15 is 0 Å². The SMILES string of the molecule is COc1ccccc1CCNc1ccnc(NCc2ccccc2F)n1. The molecule has 1 aromatic heterocycles. The normalized spacial score (nSPS) is 10.4. The van der Waals surface area contributed by atoms with Gasteiger partial charge in [0.25, 0.3) is 0 Å². The van der Waals surface area contributed by atoms with Gasteiger partial charge in [0.1, 0.15) is 17.4 Å². The third-order valence-corrected chi connectivity index (χ3v) is 3.94. The second kappa shape index (κ2) is 8.80. The maximum atomic E-state index is 13.7. The van der Waals surface area contributed by atoms with Crippen molar-refractivity contribution in [2.75, 3.05) is 24.3 Å². The minimum Gasteiger partial charge on any atom is -0.496 e. The van der Waals surface area contributed by atoms with Crippen LogP contribution in [0.1, 0.15) is 11.1 Å². The van der Waals surface area contributed by atoms with Crippen molar-refractivity contribution in [2.45, 2.75) is 13.0 Å². The van der Waals surface area contributed by atoms with Gasteiger partial charge in [-0.25, -0.2) is 9.37 Å². The zero-order chi connectivity index (χ0) is 18.2. The van der Waals surface area contributed by atoms with Gasteiger partial charge in [0.05, 0.1) is 7.11 Å². The maximum Gasteiger partial charge on any atom is 0.224 e. The second-order valence-corrected chi connectivity index (χ2v) is 5.70. The predicted molar refractivity (Wildman–Crippen MR) is 101 cm³/mol. The summed E-state index contributed by atoms with van der Waals surface area (Å²) < 4.78 is 19.0. The lowest BCUT2D eigenvalue weighted by Crippen LogP contribution is -2.10. The van der Waals surface area contributed by atoms with Gasteiger partial charge < -0.3 is 15.4 Å². The summed E-state index contributed by atoms with van der Waals surface area (Å²) in [6.07, 6.45) is 2.48. The molecule has 3 aromatic rings. The summed E-state index contributed by atoms with van der Waals surface area (Å²) in [5.74, 6) is 1.80. The monoisotopic (exact) mass is 352 g/mol. The van der Waals surface area contributed by atoms with Gasteiger partial charge in [0.15, 0.2) is 0 Å². The van der Waals surface area contributed by atoms with Gasteiger partial charge in [-0.1, -0.05) is 36.4 Å². The summed E-state index contributed by atoms with van der Waals surface area (Å²) in [7, 11) is 1.67. The van der Waals surface area contributed by atoms with Crippen LogP contribution in [-0.4, -0.2) is 23.6 Å². The maximum absolute atomic E-state index is 13.7. The van der Waals surface area contributed by atoms with Crippen LogP contribution in [0.3, 0.4) is 0 Å². The number of benzene rings is 2. The summed E-state index contributed by atoms with van der Waals surface area (Å²) in [4.78, 5) is 8.58. The first-order valence-corrected chi connectivity index (χ1v) is 8.42. The molecule has 0 aliphatic heterocycles. The van der Waals surface area contributed by atoms with Gasteiger partial charge in [0.2, 0.25) is 5.95 Å². The number of nitrogens with zero attached hydrogens (tertiary/aromatic N) is 2. The molecule has 0 atom stereocenters. The molecule has 0 unspecified atom stereocenters. The second-order valence-electron chi connectivity index (χ2n) is 5.70. The van der Waals surface area contributed by atoms with Crippen molar-refractivity contribution in [1.29, 1.82) is 0 Å². The molecule has 1 heterocycles. The number of para-hydroxylation sites is 1. The fraction of sp³-hybridized carbons (Fsp3) is 0.200. The molecule has 6 heteroatoms. The van der Waals surface area contributed by atoms with E-state index in [-0.39, 0.29) is 5.82 Å². The molecule has 0 aliphatic rings. The quantitative estimate of drug-likeness (QED) is 0.644. The molecule has 0 saturated heterocycles. The Morgan fingerprint density at radius 1 is 0.962 bits per heavy atom. The van der Waals surface area contributed by atoms with Crippen molar-refractivity contribution in [3.8, 4) is 5.75 Å². The Morgan fingerprint density at radius 3 is 2.54 bits per heavy atom. The van der Waals surface area contributed by atoms with Crippen LogP contribution in [0.25, 0.3) is 0 Å². The average Bonchev–Trinajstić information content (AvgIpc) is 2.68. The highest BCUT2D eigenvalue weighted by Crippen LogP contribution is 2.18. The largest absolute Gasteiger partial charge is 0.496 e. The van der Waals surface area contributed by atoms with Crippen LogP contribution in [0.2, 0.25) is 0 Å². The van der Waals surface area contributed by atoms with Crippen molar-refractivity contribution >= 4 is 11.8 Å². The molecule has 0 saturated carbocycles. The van der Waals surface area contributed by atoms with E-state index in [0.29, 0.717) is 30.4 Å². The number of halogens is 1. The van der Waals surface area contributed by atoms with Crippen molar-refractivity contribution in [3.63, 3.8) is 0 Å². The number of rotatable bonds is 8. The Labute approximate surface area is 152 Å². The minimum absolute atomic E-state index is 0.244. The van der Waals surface area contributed by atoms with Crippen LogP contribution in [0.15, 0.2) is 60.8 Å². The Bertz CT molecular complexity index is 856. The molecule has 0 fully saturated rings. The molecule has 0 bridgehead atoms. The standard InChI is InChI=1S/C20H21FN4O/c1-26-18-9-5-3-6-15(18)10-12-22-19-11-13-23-20(25-19)24-14-16-7-2-4-8-17(16)21/h2-9,11,13H,10,12,14H2,1H3,(H2,22,23,24,25).